The molecule has 2 N–H and O–H groups in total. The fraction of sp³-hybridized carbons (Fsp3) is 0.545. The quantitative estimate of drug-likeness (QED) is 0.551. The monoisotopic (exact) mass is 344 g/mol. The van der Waals surface area contributed by atoms with Gasteiger partial charge in [0, 0.05) is 19.1 Å². The number of benzene rings is 1. The Balaban J connectivity index is 2.59. The summed E-state index contributed by atoms with van der Waals surface area (Å²) in [7, 11) is 2.03. The van der Waals surface area contributed by atoms with Crippen molar-refractivity contribution in [1.82, 2.24) is 10.6 Å². The van der Waals surface area contributed by atoms with E-state index >= 15 is 0 Å². The minimum Gasteiger partial charge on any atom is -0.493 e. The van der Waals surface area contributed by atoms with Gasteiger partial charge in [0.2, 0.25) is 0 Å². The summed E-state index contributed by atoms with van der Waals surface area (Å²) in [6.07, 6.45) is 9.65. The van der Waals surface area contributed by atoms with E-state index < -0.39 is 0 Å². The van der Waals surface area contributed by atoms with Crippen LogP contribution >= 0.6 is 0 Å². The van der Waals surface area contributed by atoms with E-state index in [1.54, 1.807) is 0 Å². The first kappa shape index (κ1) is 21.5. The number of aryl methyl sites for hydroxylation is 1. The second-order valence-corrected chi connectivity index (χ2v) is 6.46. The minimum atomic E-state index is 0.398. The van der Waals surface area contributed by atoms with E-state index in [1.807, 2.05) is 7.05 Å². The molecule has 0 aromatic heterocycles. The van der Waals surface area contributed by atoms with E-state index in [9.17, 15) is 0 Å². The summed E-state index contributed by atoms with van der Waals surface area (Å²) in [5, 5.41) is 7.00. The van der Waals surface area contributed by atoms with Crippen molar-refractivity contribution in [3.8, 4) is 5.75 Å². The molecule has 0 heterocycles. The molecule has 0 spiro atoms. The number of hydrogen-bond donors (Lipinski definition) is 2. The molecule has 1 atom stereocenters. The third-order valence-corrected chi connectivity index (χ3v) is 4.17. The molecule has 140 valence electrons. The molecule has 0 radical (unpaired) electrons. The van der Waals surface area contributed by atoms with Crippen LogP contribution in [0.4, 0.5) is 0 Å². The van der Waals surface area contributed by atoms with Crippen molar-refractivity contribution in [1.29, 1.82) is 0 Å². The molecule has 0 aliphatic heterocycles. The molecule has 1 aromatic carbocycles. The molecule has 1 rings (SSSR count). The molecular weight excluding hydrogens is 308 g/mol. The summed E-state index contributed by atoms with van der Waals surface area (Å²) in [6, 6.07) is 6.96. The highest BCUT2D eigenvalue weighted by molar-refractivity contribution is 5.37. The second kappa shape index (κ2) is 12.7. The van der Waals surface area contributed by atoms with Gasteiger partial charge in [-0.25, -0.2) is 0 Å². The van der Waals surface area contributed by atoms with Gasteiger partial charge in [-0.15, -0.1) is 0 Å². The molecule has 0 aliphatic carbocycles. The van der Waals surface area contributed by atoms with Crippen LogP contribution in [-0.4, -0.2) is 32.8 Å². The highest BCUT2D eigenvalue weighted by Crippen LogP contribution is 2.20. The summed E-state index contributed by atoms with van der Waals surface area (Å²) < 4.78 is 5.86. The maximum atomic E-state index is 5.86. The first-order valence-corrected chi connectivity index (χ1v) is 9.56. The van der Waals surface area contributed by atoms with Gasteiger partial charge < -0.3 is 15.4 Å². The molecule has 0 saturated carbocycles. The normalized spacial score (nSPS) is 13.4. The summed E-state index contributed by atoms with van der Waals surface area (Å²) in [5.41, 5.74) is 3.87. The lowest BCUT2D eigenvalue weighted by Gasteiger charge is -2.18. The van der Waals surface area contributed by atoms with Crippen LogP contribution in [-0.2, 0) is 6.42 Å². The van der Waals surface area contributed by atoms with Crippen molar-refractivity contribution in [2.24, 2.45) is 0 Å². The second-order valence-electron chi connectivity index (χ2n) is 6.46. The smallest absolute Gasteiger partial charge is 0.122 e. The van der Waals surface area contributed by atoms with E-state index in [-0.39, 0.29) is 0 Å². The van der Waals surface area contributed by atoms with Gasteiger partial charge in [-0.05, 0) is 62.9 Å². The lowest BCUT2D eigenvalue weighted by Crippen LogP contribution is -2.38. The summed E-state index contributed by atoms with van der Waals surface area (Å²) in [5.74, 6) is 1.02. The average Bonchev–Trinajstić information content (AvgIpc) is 2.61. The minimum absolute atomic E-state index is 0.398. The molecule has 0 fully saturated rings. The summed E-state index contributed by atoms with van der Waals surface area (Å²) in [4.78, 5) is 0. The predicted octanol–water partition coefficient (Wildman–Crippen LogP) is 4.42. The molecule has 0 bridgehead atoms. The first-order chi connectivity index (χ1) is 12.1. The number of likely N-dealkylation sites (N-methyl/N-ethyl adjacent to an activating group) is 1. The zero-order valence-corrected chi connectivity index (χ0v) is 16.7. The Morgan fingerprint density at radius 1 is 1.28 bits per heavy atom. The SMILES string of the molecule is C/C=C\C(=C/CC)CNCC(Cc1ccc(C)c(OCCC)c1)NC. The Kier molecular flexibility index (Phi) is 10.9. The van der Waals surface area contributed by atoms with Gasteiger partial charge in [0.25, 0.3) is 0 Å². The largest absolute Gasteiger partial charge is 0.493 e. The van der Waals surface area contributed by atoms with Crippen LogP contribution in [0.5, 0.6) is 5.75 Å². The molecule has 1 aromatic rings. The zero-order valence-electron chi connectivity index (χ0n) is 16.7. The van der Waals surface area contributed by atoms with Gasteiger partial charge in [0.15, 0.2) is 0 Å². The molecule has 1 unspecified atom stereocenters. The van der Waals surface area contributed by atoms with Gasteiger partial charge >= 0.3 is 0 Å². The fourth-order valence-corrected chi connectivity index (χ4v) is 2.77. The number of nitrogens with one attached hydrogen (secondary N) is 2. The van der Waals surface area contributed by atoms with Gasteiger partial charge in [-0.1, -0.05) is 44.2 Å². The van der Waals surface area contributed by atoms with Crippen molar-refractivity contribution in [2.45, 2.75) is 53.0 Å². The van der Waals surface area contributed by atoms with Gasteiger partial charge in [-0.3, -0.25) is 0 Å². The maximum Gasteiger partial charge on any atom is 0.122 e. The molecule has 3 nitrogen and oxygen atoms in total. The summed E-state index contributed by atoms with van der Waals surface area (Å²) in [6.45, 7) is 11.1. The van der Waals surface area contributed by atoms with E-state index in [2.05, 4.69) is 74.8 Å². The van der Waals surface area contributed by atoms with E-state index in [1.165, 1.54) is 16.7 Å². The third-order valence-electron chi connectivity index (χ3n) is 4.17. The third kappa shape index (κ3) is 8.37. The van der Waals surface area contributed by atoms with Crippen LogP contribution in [0.3, 0.4) is 0 Å². The van der Waals surface area contributed by atoms with Crippen molar-refractivity contribution < 1.29 is 4.74 Å². The Bertz CT molecular complexity index is 549. The predicted molar refractivity (Wildman–Crippen MR) is 110 cm³/mol. The van der Waals surface area contributed by atoms with E-state index in [4.69, 9.17) is 4.74 Å². The Labute approximate surface area is 154 Å². The topological polar surface area (TPSA) is 33.3 Å². The lowest BCUT2D eigenvalue weighted by molar-refractivity contribution is 0.315. The molecular formula is C22H36N2O. The number of hydrogen-bond acceptors (Lipinski definition) is 3. The van der Waals surface area contributed by atoms with E-state index in [0.717, 1.165) is 44.7 Å². The van der Waals surface area contributed by atoms with Gasteiger partial charge in [0.05, 0.1) is 6.61 Å². The Hall–Kier alpha value is -1.58. The van der Waals surface area contributed by atoms with Crippen molar-refractivity contribution in [3.63, 3.8) is 0 Å². The Morgan fingerprint density at radius 2 is 2.08 bits per heavy atom. The zero-order chi connectivity index (χ0) is 18.5. The van der Waals surface area contributed by atoms with E-state index in [0.29, 0.717) is 6.04 Å². The molecule has 0 aliphatic rings. The first-order valence-electron chi connectivity index (χ1n) is 9.56. The highest BCUT2D eigenvalue weighted by Gasteiger charge is 2.09. The van der Waals surface area contributed by atoms with Gasteiger partial charge in [-0.2, -0.15) is 0 Å². The van der Waals surface area contributed by atoms with Crippen molar-refractivity contribution in [3.05, 3.63) is 53.1 Å². The van der Waals surface area contributed by atoms with Crippen LogP contribution in [0, 0.1) is 6.92 Å². The van der Waals surface area contributed by atoms with Crippen molar-refractivity contribution in [2.75, 3.05) is 26.7 Å². The number of allylic oxidation sites excluding steroid dienone is 2. The number of ether oxygens (including phenoxy) is 1. The number of rotatable bonds is 12. The molecule has 25 heavy (non-hydrogen) atoms. The summed E-state index contributed by atoms with van der Waals surface area (Å²) >= 11 is 0. The molecule has 0 amide bonds. The van der Waals surface area contributed by atoms with Crippen LogP contribution in [0.1, 0.15) is 44.7 Å². The van der Waals surface area contributed by atoms with Crippen molar-refractivity contribution >= 4 is 0 Å². The Morgan fingerprint density at radius 3 is 2.72 bits per heavy atom. The fourth-order valence-electron chi connectivity index (χ4n) is 2.77. The van der Waals surface area contributed by atoms with Crippen LogP contribution in [0.25, 0.3) is 0 Å². The average molecular weight is 345 g/mol. The molecule has 0 saturated heterocycles. The highest BCUT2D eigenvalue weighted by atomic mass is 16.5. The standard InChI is InChI=1S/C22H36N2O/c1-6-9-19(10-7-2)16-24-17-21(23-5)14-20-12-11-18(4)22(15-20)25-13-8-3/h6,9-12,15,21,23-24H,7-8,13-14,16-17H2,1-5H3/b9-6-,19-10+. The van der Waals surface area contributed by atoms with Crippen LogP contribution < -0.4 is 15.4 Å². The van der Waals surface area contributed by atoms with Crippen LogP contribution in [0.2, 0.25) is 0 Å². The maximum absolute atomic E-state index is 5.86. The van der Waals surface area contributed by atoms with Crippen LogP contribution in [0.15, 0.2) is 42.0 Å². The molecule has 3 heteroatoms. The lowest BCUT2D eigenvalue weighted by atomic mass is 10.0. The van der Waals surface area contributed by atoms with Gasteiger partial charge in [0.1, 0.15) is 5.75 Å².